The zero-order chi connectivity index (χ0) is 25.9. The van der Waals surface area contributed by atoms with Crippen molar-refractivity contribution in [2.75, 3.05) is 26.3 Å². The molecule has 0 bridgehead atoms. The molecule has 0 fully saturated rings. The Labute approximate surface area is 200 Å². The molecule has 2 unspecified atom stereocenters. The van der Waals surface area contributed by atoms with E-state index in [1.165, 1.54) is 17.0 Å². The van der Waals surface area contributed by atoms with Gasteiger partial charge in [-0.05, 0) is 58.8 Å². The molecule has 13 nitrogen and oxygen atoms in total. The lowest BCUT2D eigenvalue weighted by atomic mass is 9.93. The molecule has 1 aromatic heterocycles. The number of nitrogens with one attached hydrogen (secondary N) is 2. The third-order valence-corrected chi connectivity index (χ3v) is 5.87. The van der Waals surface area contributed by atoms with Crippen LogP contribution in [0.1, 0.15) is 48.0 Å². The normalized spacial score (nSPS) is 15.4. The molecule has 0 aromatic carbocycles. The molecule has 2 atom stereocenters. The van der Waals surface area contributed by atoms with Gasteiger partial charge in [0.15, 0.2) is 0 Å². The highest BCUT2D eigenvalue weighted by molar-refractivity contribution is 5.93. The lowest BCUT2D eigenvalue weighted by molar-refractivity contribution is -0.397. The fourth-order valence-corrected chi connectivity index (χ4v) is 3.23. The van der Waals surface area contributed by atoms with E-state index >= 15 is 0 Å². The number of aliphatic hydroxyl groups is 1. The van der Waals surface area contributed by atoms with Gasteiger partial charge in [-0.1, -0.05) is 15.3 Å². The molecule has 0 spiro atoms. The maximum atomic E-state index is 11.1. The van der Waals surface area contributed by atoms with Crippen molar-refractivity contribution in [2.24, 2.45) is 16.2 Å². The van der Waals surface area contributed by atoms with Gasteiger partial charge in [-0.2, -0.15) is 0 Å². The number of nitrogens with zero attached hydrogens (tertiary/aromatic N) is 5. The first kappa shape index (κ1) is 29.4. The van der Waals surface area contributed by atoms with E-state index in [0.29, 0.717) is 37.5 Å². The van der Waals surface area contributed by atoms with Gasteiger partial charge in [-0.3, -0.25) is 0 Å². The van der Waals surface area contributed by atoms with E-state index in [4.69, 9.17) is 9.94 Å². The van der Waals surface area contributed by atoms with Crippen molar-refractivity contribution in [1.82, 2.24) is 20.2 Å². The second-order valence-corrected chi connectivity index (χ2v) is 9.27. The second kappa shape index (κ2) is 13.3. The highest BCUT2D eigenvalue weighted by Crippen LogP contribution is 2.16. The predicted molar refractivity (Wildman–Crippen MR) is 128 cm³/mol. The van der Waals surface area contributed by atoms with Crippen molar-refractivity contribution in [3.63, 3.8) is 0 Å². The Morgan fingerprint density at radius 1 is 1.24 bits per heavy atom. The van der Waals surface area contributed by atoms with Crippen molar-refractivity contribution in [3.05, 3.63) is 22.5 Å². The molecular formula is C21H39N7O6. The summed E-state index contributed by atoms with van der Waals surface area (Å²) in [5.41, 5.74) is -0.350. The number of rotatable bonds is 16. The Morgan fingerprint density at radius 2 is 1.85 bits per heavy atom. The monoisotopic (exact) mass is 485 g/mol. The van der Waals surface area contributed by atoms with Crippen LogP contribution in [0, 0.1) is 16.0 Å². The SMILES string of the molecule is CCOC/C(=N\O)C(C)(C)NCC(CNC(C)(C)/C(C)=N\O)CC(O)Cn1ccnc1[N+](=O)[O-]. The summed E-state index contributed by atoms with van der Waals surface area (Å²) in [6.45, 7) is 12.6. The molecule has 34 heavy (non-hydrogen) atoms. The van der Waals surface area contributed by atoms with E-state index < -0.39 is 22.1 Å². The molecule has 5 N–H and O–H groups in total. The Bertz CT molecular complexity index is 837. The Kier molecular flexibility index (Phi) is 11.5. The van der Waals surface area contributed by atoms with Gasteiger partial charge in [0.2, 0.25) is 0 Å². The van der Waals surface area contributed by atoms with E-state index in [0.717, 1.165) is 0 Å². The maximum absolute atomic E-state index is 11.1. The Hall–Kier alpha value is -2.61. The highest BCUT2D eigenvalue weighted by atomic mass is 16.6. The van der Waals surface area contributed by atoms with Crippen LogP contribution in [0.3, 0.4) is 0 Å². The van der Waals surface area contributed by atoms with Gasteiger partial charge >= 0.3 is 5.95 Å². The summed E-state index contributed by atoms with van der Waals surface area (Å²) >= 11 is 0. The van der Waals surface area contributed by atoms with Crippen LogP contribution in [-0.2, 0) is 11.3 Å². The third-order valence-electron chi connectivity index (χ3n) is 5.87. The molecule has 0 saturated heterocycles. The zero-order valence-electron chi connectivity index (χ0n) is 20.9. The van der Waals surface area contributed by atoms with Crippen molar-refractivity contribution in [3.8, 4) is 0 Å². The number of hydrogen-bond acceptors (Lipinski definition) is 11. The molecule has 0 aliphatic heterocycles. The van der Waals surface area contributed by atoms with Gasteiger partial charge in [0.1, 0.15) is 18.1 Å². The maximum Gasteiger partial charge on any atom is 0.434 e. The molecule has 0 radical (unpaired) electrons. The van der Waals surface area contributed by atoms with Crippen LogP contribution < -0.4 is 10.6 Å². The number of oxime groups is 2. The average Bonchev–Trinajstić information content (AvgIpc) is 3.23. The summed E-state index contributed by atoms with van der Waals surface area (Å²) in [6, 6.07) is 0. The van der Waals surface area contributed by atoms with Gasteiger partial charge in [-0.15, -0.1) is 0 Å². The smallest absolute Gasteiger partial charge is 0.411 e. The largest absolute Gasteiger partial charge is 0.434 e. The quantitative estimate of drug-likeness (QED) is 0.101. The standard InChI is InChI=1S/C21H39N7O6/c1-7-34-14-18(26-31)21(5,6)24-12-16(11-23-20(3,4)15(2)25-30)10-17(29)13-27-9-8-22-19(27)28(32)33/h8-9,16-17,23-24,29-31H,7,10-14H2,1-6H3/b25-15-,26-18+. The molecule has 1 rings (SSSR count). The topological polar surface area (TPSA) is 180 Å². The molecular weight excluding hydrogens is 446 g/mol. The number of hydrogen-bond donors (Lipinski definition) is 5. The van der Waals surface area contributed by atoms with Gasteiger partial charge in [0.05, 0.1) is 36.0 Å². The van der Waals surface area contributed by atoms with Crippen LogP contribution in [0.25, 0.3) is 0 Å². The lowest BCUT2D eigenvalue weighted by Crippen LogP contribution is -2.53. The van der Waals surface area contributed by atoms with Crippen LogP contribution >= 0.6 is 0 Å². The van der Waals surface area contributed by atoms with Crippen molar-refractivity contribution < 1.29 is 25.2 Å². The Balaban J connectivity index is 2.94. The summed E-state index contributed by atoms with van der Waals surface area (Å²) in [4.78, 5) is 14.2. The fourth-order valence-electron chi connectivity index (χ4n) is 3.23. The summed E-state index contributed by atoms with van der Waals surface area (Å²) in [5, 5.41) is 53.8. The van der Waals surface area contributed by atoms with Gasteiger partial charge in [0.25, 0.3) is 0 Å². The molecule has 13 heteroatoms. The van der Waals surface area contributed by atoms with E-state index in [2.05, 4.69) is 25.9 Å². The predicted octanol–water partition coefficient (Wildman–Crippen LogP) is 1.61. The number of aromatic nitrogens is 2. The minimum absolute atomic E-state index is 0.0183. The summed E-state index contributed by atoms with van der Waals surface area (Å²) < 4.78 is 6.68. The van der Waals surface area contributed by atoms with Gasteiger partial charge < -0.3 is 41.0 Å². The molecule has 0 saturated carbocycles. The third kappa shape index (κ3) is 8.97. The minimum Gasteiger partial charge on any atom is -0.411 e. The minimum atomic E-state index is -0.880. The van der Waals surface area contributed by atoms with Crippen molar-refractivity contribution in [1.29, 1.82) is 0 Å². The second-order valence-electron chi connectivity index (χ2n) is 9.27. The van der Waals surface area contributed by atoms with E-state index in [1.807, 2.05) is 34.6 Å². The van der Waals surface area contributed by atoms with Gasteiger partial charge in [-0.25, -0.2) is 4.57 Å². The molecule has 1 aromatic rings. The van der Waals surface area contributed by atoms with Gasteiger partial charge in [0, 0.05) is 19.7 Å². The first-order valence-electron chi connectivity index (χ1n) is 11.2. The molecule has 1 heterocycles. The van der Waals surface area contributed by atoms with Crippen LogP contribution in [0.5, 0.6) is 0 Å². The first-order chi connectivity index (χ1) is 15.9. The van der Waals surface area contributed by atoms with E-state index in [9.17, 15) is 20.4 Å². The van der Waals surface area contributed by atoms with Crippen molar-refractivity contribution >= 4 is 17.4 Å². The molecule has 0 aliphatic rings. The Morgan fingerprint density at radius 3 is 2.38 bits per heavy atom. The number of nitro groups is 1. The number of ether oxygens (including phenoxy) is 1. The van der Waals surface area contributed by atoms with E-state index in [-0.39, 0.29) is 25.0 Å². The lowest BCUT2D eigenvalue weighted by Gasteiger charge is -2.32. The van der Waals surface area contributed by atoms with E-state index in [1.54, 1.807) is 6.92 Å². The van der Waals surface area contributed by atoms with Crippen LogP contribution in [0.2, 0.25) is 0 Å². The van der Waals surface area contributed by atoms with Crippen LogP contribution in [0.15, 0.2) is 22.7 Å². The number of aliphatic hydroxyl groups excluding tert-OH is 1. The summed E-state index contributed by atoms with van der Waals surface area (Å²) in [7, 11) is 0. The first-order valence-corrected chi connectivity index (χ1v) is 11.2. The molecule has 194 valence electrons. The average molecular weight is 486 g/mol. The highest BCUT2D eigenvalue weighted by Gasteiger charge is 2.29. The zero-order valence-corrected chi connectivity index (χ0v) is 20.9. The fraction of sp³-hybridized carbons (Fsp3) is 0.762. The van der Waals surface area contributed by atoms with Crippen LogP contribution in [0.4, 0.5) is 5.95 Å². The summed E-state index contributed by atoms with van der Waals surface area (Å²) in [5.74, 6) is -0.460. The van der Waals surface area contributed by atoms with Crippen molar-refractivity contribution in [2.45, 2.75) is 71.7 Å². The number of imidazole rings is 1. The van der Waals surface area contributed by atoms with Crippen LogP contribution in [-0.4, -0.2) is 84.9 Å². The molecule has 0 amide bonds. The summed E-state index contributed by atoms with van der Waals surface area (Å²) in [6.07, 6.45) is 2.21. The molecule has 0 aliphatic carbocycles.